The second kappa shape index (κ2) is 7.54. The molecule has 1 aliphatic rings. The summed E-state index contributed by atoms with van der Waals surface area (Å²) in [7, 11) is -0.676. The van der Waals surface area contributed by atoms with Crippen LogP contribution in [0.4, 0.5) is 4.39 Å². The van der Waals surface area contributed by atoms with Crippen molar-refractivity contribution in [2.24, 2.45) is 0 Å². The second-order valence-corrected chi connectivity index (χ2v) is 8.28. The highest BCUT2D eigenvalue weighted by Crippen LogP contribution is 2.39. The normalized spacial score (nSPS) is 18.8. The van der Waals surface area contributed by atoms with Crippen molar-refractivity contribution in [1.29, 1.82) is 0 Å². The van der Waals surface area contributed by atoms with E-state index in [0.717, 1.165) is 17.8 Å². The number of thioether (sulfide) groups is 1. The number of hydrogen-bond acceptors (Lipinski definition) is 5. The summed E-state index contributed by atoms with van der Waals surface area (Å²) in [5.74, 6) is -1.82. The molecule has 1 saturated heterocycles. The first-order valence-corrected chi connectivity index (χ1v) is 9.14. The number of carboxylic acids is 1. The van der Waals surface area contributed by atoms with Gasteiger partial charge in [-0.05, 0) is 50.9 Å². The standard InChI is InChI=1S/C18H22BFO5S/c1-11(21)26-10-13(19-24-17(2,3)18(4,5)25-19)8-12-6-7-15(20)14(9-12)16(22)23/h6-9H,10H2,1-5H3,(H,22,23). The van der Waals surface area contributed by atoms with Gasteiger partial charge in [-0.15, -0.1) is 0 Å². The summed E-state index contributed by atoms with van der Waals surface area (Å²) < 4.78 is 25.7. The number of halogens is 1. The summed E-state index contributed by atoms with van der Waals surface area (Å²) in [5, 5.41) is 9.03. The first-order chi connectivity index (χ1) is 11.9. The zero-order valence-corrected chi connectivity index (χ0v) is 16.3. The van der Waals surface area contributed by atoms with Gasteiger partial charge in [-0.25, -0.2) is 9.18 Å². The average molecular weight is 380 g/mol. The largest absolute Gasteiger partial charge is 0.491 e. The van der Waals surface area contributed by atoms with Crippen molar-refractivity contribution in [3.63, 3.8) is 0 Å². The lowest BCUT2D eigenvalue weighted by Gasteiger charge is -2.32. The van der Waals surface area contributed by atoms with Crippen molar-refractivity contribution in [1.82, 2.24) is 0 Å². The number of carbonyl (C=O) groups excluding carboxylic acids is 1. The van der Waals surface area contributed by atoms with Crippen LogP contribution in [0.15, 0.2) is 23.7 Å². The molecule has 5 nitrogen and oxygen atoms in total. The fourth-order valence-electron chi connectivity index (χ4n) is 2.37. The summed E-state index contributed by atoms with van der Waals surface area (Å²) >= 11 is 1.10. The van der Waals surface area contributed by atoms with Crippen LogP contribution >= 0.6 is 11.8 Å². The topological polar surface area (TPSA) is 72.8 Å². The molecule has 1 aromatic carbocycles. The lowest BCUT2D eigenvalue weighted by atomic mass is 9.78. The molecule has 26 heavy (non-hydrogen) atoms. The van der Waals surface area contributed by atoms with Gasteiger partial charge in [0.2, 0.25) is 0 Å². The highest BCUT2D eigenvalue weighted by molar-refractivity contribution is 8.13. The molecule has 0 radical (unpaired) electrons. The third kappa shape index (κ3) is 4.55. The molecule has 0 aromatic heterocycles. The molecule has 0 saturated carbocycles. The predicted molar refractivity (Wildman–Crippen MR) is 101 cm³/mol. The van der Waals surface area contributed by atoms with E-state index in [4.69, 9.17) is 14.4 Å². The molecule has 1 N–H and O–H groups in total. The van der Waals surface area contributed by atoms with Crippen LogP contribution in [0.1, 0.15) is 50.5 Å². The highest BCUT2D eigenvalue weighted by Gasteiger charge is 2.52. The maximum Gasteiger partial charge on any atom is 0.491 e. The summed E-state index contributed by atoms with van der Waals surface area (Å²) in [4.78, 5) is 22.5. The van der Waals surface area contributed by atoms with E-state index in [-0.39, 0.29) is 5.12 Å². The Balaban J connectivity index is 2.39. The molecule has 2 rings (SSSR count). The minimum absolute atomic E-state index is 0.0576. The van der Waals surface area contributed by atoms with Crippen LogP contribution in [-0.4, -0.2) is 40.3 Å². The molecular weight excluding hydrogens is 358 g/mol. The van der Waals surface area contributed by atoms with Crippen LogP contribution in [-0.2, 0) is 14.1 Å². The smallest absolute Gasteiger partial charge is 0.478 e. The number of aromatic carboxylic acids is 1. The third-order valence-electron chi connectivity index (χ3n) is 4.57. The molecule has 0 bridgehead atoms. The second-order valence-electron chi connectivity index (χ2n) is 7.13. The molecule has 1 heterocycles. The Morgan fingerprint density at radius 2 is 1.81 bits per heavy atom. The summed E-state index contributed by atoms with van der Waals surface area (Å²) in [6, 6.07) is 3.84. The van der Waals surface area contributed by atoms with E-state index in [0.29, 0.717) is 16.8 Å². The maximum atomic E-state index is 13.6. The van der Waals surface area contributed by atoms with Crippen molar-refractivity contribution in [3.8, 4) is 0 Å². The predicted octanol–water partition coefficient (Wildman–Crippen LogP) is 3.82. The van der Waals surface area contributed by atoms with E-state index in [2.05, 4.69) is 0 Å². The van der Waals surface area contributed by atoms with E-state index < -0.39 is 35.7 Å². The van der Waals surface area contributed by atoms with Crippen molar-refractivity contribution in [2.45, 2.75) is 45.8 Å². The molecule has 140 valence electrons. The lowest BCUT2D eigenvalue weighted by Crippen LogP contribution is -2.41. The van der Waals surface area contributed by atoms with Gasteiger partial charge in [-0.1, -0.05) is 23.9 Å². The van der Waals surface area contributed by atoms with Crippen molar-refractivity contribution >= 4 is 36.0 Å². The fraction of sp³-hybridized carbons (Fsp3) is 0.444. The molecular formula is C18H22BFO5S. The van der Waals surface area contributed by atoms with E-state index in [1.54, 1.807) is 6.08 Å². The first kappa shape index (κ1) is 20.7. The number of benzene rings is 1. The van der Waals surface area contributed by atoms with Crippen LogP contribution in [0.2, 0.25) is 0 Å². The van der Waals surface area contributed by atoms with Gasteiger partial charge in [-0.2, -0.15) is 0 Å². The quantitative estimate of drug-likeness (QED) is 0.783. The zero-order valence-electron chi connectivity index (χ0n) is 15.5. The first-order valence-electron chi connectivity index (χ1n) is 8.15. The molecule has 0 aliphatic carbocycles. The Kier molecular flexibility index (Phi) is 6.00. The van der Waals surface area contributed by atoms with E-state index in [9.17, 15) is 14.0 Å². The van der Waals surface area contributed by atoms with Gasteiger partial charge in [-0.3, -0.25) is 4.79 Å². The van der Waals surface area contributed by atoms with Gasteiger partial charge in [0.25, 0.3) is 0 Å². The number of carboxylic acid groups (broad SMARTS) is 1. The maximum absolute atomic E-state index is 13.6. The van der Waals surface area contributed by atoms with Crippen molar-refractivity contribution in [2.75, 3.05) is 5.75 Å². The minimum Gasteiger partial charge on any atom is -0.478 e. The van der Waals surface area contributed by atoms with Gasteiger partial charge >= 0.3 is 13.1 Å². The lowest BCUT2D eigenvalue weighted by molar-refractivity contribution is -0.109. The van der Waals surface area contributed by atoms with E-state index in [1.807, 2.05) is 27.7 Å². The van der Waals surface area contributed by atoms with Gasteiger partial charge in [0.05, 0.1) is 16.8 Å². The minimum atomic E-state index is -1.34. The number of rotatable bonds is 5. The molecule has 0 unspecified atom stereocenters. The van der Waals surface area contributed by atoms with Crippen molar-refractivity contribution in [3.05, 3.63) is 40.6 Å². The van der Waals surface area contributed by atoms with Crippen LogP contribution in [0.25, 0.3) is 6.08 Å². The fourth-order valence-corrected chi connectivity index (χ4v) is 2.96. The van der Waals surface area contributed by atoms with Gasteiger partial charge in [0.15, 0.2) is 5.12 Å². The number of hydrogen-bond donors (Lipinski definition) is 1. The van der Waals surface area contributed by atoms with Crippen LogP contribution < -0.4 is 0 Å². The number of carbonyl (C=O) groups is 2. The molecule has 1 aromatic rings. The molecule has 1 aliphatic heterocycles. The monoisotopic (exact) mass is 380 g/mol. The molecule has 0 spiro atoms. The Morgan fingerprint density at radius 3 is 2.31 bits per heavy atom. The van der Waals surface area contributed by atoms with Gasteiger partial charge in [0.1, 0.15) is 5.82 Å². The zero-order chi connectivity index (χ0) is 19.7. The molecule has 0 amide bonds. The van der Waals surface area contributed by atoms with Crippen LogP contribution in [0.3, 0.4) is 0 Å². The van der Waals surface area contributed by atoms with E-state index in [1.165, 1.54) is 19.1 Å². The SMILES string of the molecule is CC(=O)SCC(=Cc1ccc(F)c(C(=O)O)c1)B1OC(C)(C)C(C)(C)O1. The van der Waals surface area contributed by atoms with Crippen LogP contribution in [0.5, 0.6) is 0 Å². The summed E-state index contributed by atoms with van der Waals surface area (Å²) in [6.45, 7) is 9.14. The summed E-state index contributed by atoms with van der Waals surface area (Å²) in [6.07, 6.45) is 1.68. The Bertz CT molecular complexity index is 744. The third-order valence-corrected chi connectivity index (χ3v) is 5.46. The van der Waals surface area contributed by atoms with Crippen LogP contribution in [0, 0.1) is 5.82 Å². The Hall–Kier alpha value is -1.64. The van der Waals surface area contributed by atoms with E-state index >= 15 is 0 Å². The summed E-state index contributed by atoms with van der Waals surface area (Å²) in [5.41, 5.74) is -0.338. The van der Waals surface area contributed by atoms with Gasteiger partial charge < -0.3 is 14.4 Å². The average Bonchev–Trinajstić information content (AvgIpc) is 2.72. The Labute approximate surface area is 157 Å². The van der Waals surface area contributed by atoms with Gasteiger partial charge in [0, 0.05) is 12.7 Å². The molecule has 0 atom stereocenters. The highest BCUT2D eigenvalue weighted by atomic mass is 32.2. The molecule has 1 fully saturated rings. The Morgan fingerprint density at radius 1 is 1.23 bits per heavy atom. The molecule has 8 heteroatoms. The van der Waals surface area contributed by atoms with Crippen molar-refractivity contribution < 1.29 is 28.4 Å².